The minimum absolute atomic E-state index is 0.223. The highest BCUT2D eigenvalue weighted by Crippen LogP contribution is 2.21. The number of aromatic amines is 1. The van der Waals surface area contributed by atoms with Crippen LogP contribution in [0.5, 0.6) is 0 Å². The smallest absolute Gasteiger partial charge is 0.272 e. The van der Waals surface area contributed by atoms with E-state index < -0.39 is 0 Å². The van der Waals surface area contributed by atoms with Crippen LogP contribution in [0.2, 0.25) is 0 Å². The van der Waals surface area contributed by atoms with Crippen molar-refractivity contribution >= 4 is 45.9 Å². The summed E-state index contributed by atoms with van der Waals surface area (Å²) in [5.74, 6) is -1.18. The van der Waals surface area contributed by atoms with Gasteiger partial charge in [-0.25, -0.2) is 0 Å². The Labute approximate surface area is 250 Å². The molecular formula is C30H39N9O4. The molecule has 0 aliphatic heterocycles. The predicted octanol–water partition coefficient (Wildman–Crippen LogP) is 1.93. The second kappa shape index (κ2) is 13.4. The normalized spacial score (nSPS) is 11.3. The molecule has 13 nitrogen and oxygen atoms in total. The summed E-state index contributed by atoms with van der Waals surface area (Å²) in [6.45, 7) is 2.45. The zero-order valence-electron chi connectivity index (χ0n) is 25.4. The van der Waals surface area contributed by atoms with Gasteiger partial charge in [0.1, 0.15) is 17.1 Å². The van der Waals surface area contributed by atoms with Gasteiger partial charge in [-0.1, -0.05) is 0 Å². The fraction of sp³-hybridized carbons (Fsp3) is 0.333. The van der Waals surface area contributed by atoms with Crippen molar-refractivity contribution in [3.63, 3.8) is 0 Å². The van der Waals surface area contributed by atoms with Crippen molar-refractivity contribution in [3.05, 3.63) is 71.4 Å². The number of hydrogen-bond donors (Lipinski definition) is 5. The van der Waals surface area contributed by atoms with Gasteiger partial charge in [-0.2, -0.15) is 0 Å². The van der Waals surface area contributed by atoms with Gasteiger partial charge in [0.25, 0.3) is 23.6 Å². The molecule has 0 unspecified atom stereocenters. The molecule has 43 heavy (non-hydrogen) atoms. The minimum Gasteiger partial charge on any atom is -0.351 e. The fourth-order valence-electron chi connectivity index (χ4n) is 4.48. The zero-order chi connectivity index (χ0) is 31.3. The molecule has 4 rings (SSSR count). The molecule has 5 N–H and O–H groups in total. The lowest BCUT2D eigenvalue weighted by Crippen LogP contribution is -2.32. The maximum Gasteiger partial charge on any atom is 0.272 e. The van der Waals surface area contributed by atoms with E-state index in [1.807, 2.05) is 38.0 Å². The second-order valence-electron chi connectivity index (χ2n) is 11.0. The molecule has 0 aliphatic rings. The van der Waals surface area contributed by atoms with Crippen LogP contribution in [-0.4, -0.2) is 102 Å². The van der Waals surface area contributed by atoms with E-state index in [0.717, 1.165) is 0 Å². The van der Waals surface area contributed by atoms with Crippen LogP contribution in [0.15, 0.2) is 48.8 Å². The van der Waals surface area contributed by atoms with E-state index in [-0.39, 0.29) is 23.6 Å². The summed E-state index contributed by atoms with van der Waals surface area (Å²) in [4.78, 5) is 58.1. The number of fused-ring (bicyclic) bond motifs is 1. The van der Waals surface area contributed by atoms with E-state index in [4.69, 9.17) is 0 Å². The van der Waals surface area contributed by atoms with Crippen LogP contribution in [0.4, 0.5) is 11.4 Å². The van der Waals surface area contributed by atoms with Gasteiger partial charge in [-0.3, -0.25) is 19.2 Å². The number of nitrogens with one attached hydrogen (secondary N) is 5. The van der Waals surface area contributed by atoms with Gasteiger partial charge in [-0.05, 0) is 64.6 Å². The lowest BCUT2D eigenvalue weighted by atomic mass is 10.1. The maximum absolute atomic E-state index is 13.0. The quantitative estimate of drug-likeness (QED) is 0.171. The van der Waals surface area contributed by atoms with Gasteiger partial charge in [0.15, 0.2) is 0 Å². The number of H-pyrrole nitrogens is 1. The Hall–Kier alpha value is -4.88. The molecule has 13 heteroatoms. The summed E-state index contributed by atoms with van der Waals surface area (Å²) in [6.07, 6.45) is 3.35. The van der Waals surface area contributed by atoms with E-state index in [9.17, 15) is 19.2 Å². The molecule has 0 radical (unpaired) electrons. The molecular weight excluding hydrogens is 550 g/mol. The Balaban J connectivity index is 1.39. The molecule has 228 valence electrons. The van der Waals surface area contributed by atoms with Crippen molar-refractivity contribution in [3.8, 4) is 0 Å². The minimum atomic E-state index is -0.381. The highest BCUT2D eigenvalue weighted by molar-refractivity contribution is 6.09. The molecule has 0 saturated carbocycles. The number of carbonyl (C=O) groups excluding carboxylic acids is 4. The first-order chi connectivity index (χ1) is 20.4. The number of aryl methyl sites for hydroxylation is 2. The standard InChI is InChI=1S/C30H39N9O4/c1-36(2)11-9-31-29(42)25-15-21(17-38(25)5)33-27(40)19-7-8-23-20(13-19)14-24(35-23)28(41)34-22-16-26(39(6)18-22)30(43)32-10-12-37(3)4/h7-8,13-18,35H,9-12H2,1-6H3,(H,31,42)(H,32,43)(H,33,40)(H,34,41). The largest absolute Gasteiger partial charge is 0.351 e. The molecule has 3 heterocycles. The number of carbonyl (C=O) groups is 4. The lowest BCUT2D eigenvalue weighted by molar-refractivity contribution is 0.0934. The molecule has 4 amide bonds. The number of rotatable bonds is 12. The zero-order valence-corrected chi connectivity index (χ0v) is 25.4. The molecule has 0 atom stereocenters. The number of benzene rings is 1. The van der Waals surface area contributed by atoms with Gasteiger partial charge in [0.2, 0.25) is 0 Å². The van der Waals surface area contributed by atoms with Crippen LogP contribution < -0.4 is 21.3 Å². The maximum atomic E-state index is 13.0. The Morgan fingerprint density at radius 2 is 1.21 bits per heavy atom. The summed E-state index contributed by atoms with van der Waals surface area (Å²) in [6, 6.07) is 9.99. The summed E-state index contributed by atoms with van der Waals surface area (Å²) < 4.78 is 3.32. The Kier molecular flexibility index (Phi) is 9.68. The average Bonchev–Trinajstić information content (AvgIpc) is 3.63. The number of hydrogen-bond acceptors (Lipinski definition) is 6. The van der Waals surface area contributed by atoms with Crippen LogP contribution >= 0.6 is 0 Å². The van der Waals surface area contributed by atoms with E-state index in [1.54, 1.807) is 72.0 Å². The van der Waals surface area contributed by atoms with Crippen molar-refractivity contribution < 1.29 is 19.2 Å². The van der Waals surface area contributed by atoms with E-state index in [2.05, 4.69) is 26.3 Å². The number of anilines is 2. The molecule has 0 saturated heterocycles. The first kappa shape index (κ1) is 31.1. The van der Waals surface area contributed by atoms with Crippen LogP contribution in [0.3, 0.4) is 0 Å². The van der Waals surface area contributed by atoms with Crippen molar-refractivity contribution in [2.24, 2.45) is 14.1 Å². The highest BCUT2D eigenvalue weighted by Gasteiger charge is 2.17. The van der Waals surface area contributed by atoms with Gasteiger partial charge in [-0.15, -0.1) is 0 Å². The molecule has 0 aliphatic carbocycles. The Morgan fingerprint density at radius 1 is 0.698 bits per heavy atom. The first-order valence-corrected chi connectivity index (χ1v) is 13.9. The highest BCUT2D eigenvalue weighted by atomic mass is 16.2. The number of nitrogens with zero attached hydrogens (tertiary/aromatic N) is 4. The van der Waals surface area contributed by atoms with E-state index in [0.29, 0.717) is 71.1 Å². The van der Waals surface area contributed by atoms with Gasteiger partial charge < -0.3 is 45.2 Å². The van der Waals surface area contributed by atoms with Crippen LogP contribution in [0.25, 0.3) is 10.9 Å². The van der Waals surface area contributed by atoms with Gasteiger partial charge in [0, 0.05) is 69.1 Å². The molecule has 0 bridgehead atoms. The second-order valence-corrected chi connectivity index (χ2v) is 11.0. The SMILES string of the molecule is CN(C)CCNC(=O)c1cc(NC(=O)c2ccc3[nH]c(C(=O)Nc4cc(C(=O)NCCN(C)C)n(C)c4)cc3c2)cn1C. The Bertz CT molecular complexity index is 1560. The average molecular weight is 590 g/mol. The van der Waals surface area contributed by atoms with Crippen molar-refractivity contribution in [2.45, 2.75) is 0 Å². The third kappa shape index (κ3) is 7.90. The molecule has 0 spiro atoms. The monoisotopic (exact) mass is 589 g/mol. The Morgan fingerprint density at radius 3 is 1.72 bits per heavy atom. The predicted molar refractivity (Wildman–Crippen MR) is 167 cm³/mol. The molecule has 4 aromatic rings. The van der Waals surface area contributed by atoms with Crippen LogP contribution in [0.1, 0.15) is 41.8 Å². The third-order valence-corrected chi connectivity index (χ3v) is 6.81. The van der Waals surface area contributed by atoms with E-state index >= 15 is 0 Å². The summed E-state index contributed by atoms with van der Waals surface area (Å²) >= 11 is 0. The van der Waals surface area contributed by atoms with E-state index in [1.165, 1.54) is 0 Å². The molecule has 1 aromatic carbocycles. The van der Waals surface area contributed by atoms with Crippen LogP contribution in [-0.2, 0) is 14.1 Å². The molecule has 0 fully saturated rings. The van der Waals surface area contributed by atoms with Crippen LogP contribution in [0, 0.1) is 0 Å². The topological polar surface area (TPSA) is 149 Å². The van der Waals surface area contributed by atoms with Crippen molar-refractivity contribution in [2.75, 3.05) is 65.0 Å². The van der Waals surface area contributed by atoms with Gasteiger partial charge >= 0.3 is 0 Å². The summed E-state index contributed by atoms with van der Waals surface area (Å²) in [5.41, 5.74) is 3.23. The first-order valence-electron chi connectivity index (χ1n) is 13.9. The summed E-state index contributed by atoms with van der Waals surface area (Å²) in [5, 5.41) is 12.1. The molecule has 3 aromatic heterocycles. The van der Waals surface area contributed by atoms with Crippen molar-refractivity contribution in [1.29, 1.82) is 0 Å². The fourth-order valence-corrected chi connectivity index (χ4v) is 4.48. The third-order valence-electron chi connectivity index (χ3n) is 6.81. The summed E-state index contributed by atoms with van der Waals surface area (Å²) in [7, 11) is 11.2. The number of amides is 4. The lowest BCUT2D eigenvalue weighted by Gasteiger charge is -2.10. The number of aromatic nitrogens is 3. The number of likely N-dealkylation sites (N-methyl/N-ethyl adjacent to an activating group) is 2. The van der Waals surface area contributed by atoms with Gasteiger partial charge in [0.05, 0.1) is 11.4 Å². The van der Waals surface area contributed by atoms with Crippen molar-refractivity contribution in [1.82, 2.24) is 34.6 Å².